The van der Waals surface area contributed by atoms with Crippen molar-refractivity contribution in [3.8, 4) is 0 Å². The molecule has 1 heterocycles. The third kappa shape index (κ3) is 5.08. The van der Waals surface area contributed by atoms with E-state index in [1.807, 2.05) is 30.3 Å². The summed E-state index contributed by atoms with van der Waals surface area (Å²) in [7, 11) is 0. The quantitative estimate of drug-likeness (QED) is 0.628. The predicted octanol–water partition coefficient (Wildman–Crippen LogP) is 2.56. The number of ketones is 1. The Labute approximate surface area is 141 Å². The molecular formula is C18H23NO5. The molecule has 0 aromatic heterocycles. The number of carbonyl (C=O) groups is 3. The van der Waals surface area contributed by atoms with Crippen LogP contribution in [0.1, 0.15) is 32.8 Å². The largest absolute Gasteiger partial charge is 0.460 e. The van der Waals surface area contributed by atoms with E-state index in [-0.39, 0.29) is 31.9 Å². The van der Waals surface area contributed by atoms with Gasteiger partial charge in [0.05, 0.1) is 0 Å². The van der Waals surface area contributed by atoms with E-state index in [1.54, 1.807) is 20.8 Å². The molecule has 1 fully saturated rings. The van der Waals surface area contributed by atoms with Crippen LogP contribution in [-0.4, -0.2) is 41.4 Å². The monoisotopic (exact) mass is 333 g/mol. The van der Waals surface area contributed by atoms with Crippen molar-refractivity contribution in [2.45, 2.75) is 39.4 Å². The highest BCUT2D eigenvalue weighted by Gasteiger charge is 2.37. The van der Waals surface area contributed by atoms with Crippen LogP contribution in [0.5, 0.6) is 0 Å². The minimum atomic E-state index is -0.949. The molecule has 6 nitrogen and oxygen atoms in total. The average Bonchev–Trinajstić information content (AvgIpc) is 2.52. The maximum atomic E-state index is 12.2. The van der Waals surface area contributed by atoms with Gasteiger partial charge in [-0.3, -0.25) is 9.59 Å². The lowest BCUT2D eigenvalue weighted by atomic mass is 9.97. The molecule has 0 bridgehead atoms. The van der Waals surface area contributed by atoms with Gasteiger partial charge in [0.25, 0.3) is 0 Å². The van der Waals surface area contributed by atoms with Crippen molar-refractivity contribution in [1.82, 2.24) is 4.90 Å². The lowest BCUT2D eigenvalue weighted by molar-refractivity contribution is -0.155. The maximum Gasteiger partial charge on any atom is 0.410 e. The number of ether oxygens (including phenoxy) is 2. The van der Waals surface area contributed by atoms with Crippen LogP contribution in [-0.2, 0) is 25.7 Å². The van der Waals surface area contributed by atoms with Gasteiger partial charge in [-0.2, -0.15) is 0 Å². The van der Waals surface area contributed by atoms with Crippen molar-refractivity contribution >= 4 is 17.8 Å². The molecule has 6 heteroatoms. The molecule has 1 aromatic carbocycles. The van der Waals surface area contributed by atoms with Crippen molar-refractivity contribution < 1.29 is 23.9 Å². The Morgan fingerprint density at radius 1 is 1.21 bits per heavy atom. The van der Waals surface area contributed by atoms with Gasteiger partial charge >= 0.3 is 12.1 Å². The lowest BCUT2D eigenvalue weighted by Crippen LogP contribution is -2.48. The Balaban J connectivity index is 1.94. The van der Waals surface area contributed by atoms with Gasteiger partial charge in [-0.25, -0.2) is 4.79 Å². The molecule has 1 unspecified atom stereocenters. The fourth-order valence-electron chi connectivity index (χ4n) is 2.36. The fraction of sp³-hybridized carbons (Fsp3) is 0.500. The van der Waals surface area contributed by atoms with Crippen LogP contribution in [0.15, 0.2) is 30.3 Å². The number of piperidine rings is 1. The van der Waals surface area contributed by atoms with Crippen LogP contribution in [0.25, 0.3) is 0 Å². The first kappa shape index (κ1) is 18.0. The summed E-state index contributed by atoms with van der Waals surface area (Å²) in [6.07, 6.45) is -0.388. The molecule has 2 rings (SSSR count). The first-order valence-electron chi connectivity index (χ1n) is 7.97. The summed E-state index contributed by atoms with van der Waals surface area (Å²) in [6.45, 7) is 5.68. The summed E-state index contributed by atoms with van der Waals surface area (Å²) in [5.41, 5.74) is 0.222. The number of rotatable bonds is 3. The van der Waals surface area contributed by atoms with E-state index in [2.05, 4.69) is 0 Å². The number of Topliss-reactive ketones (excluding diaryl/α,β-unsaturated/α-hetero) is 1. The van der Waals surface area contributed by atoms with Gasteiger partial charge < -0.3 is 14.4 Å². The zero-order chi connectivity index (χ0) is 17.7. The molecule has 0 N–H and O–H groups in total. The molecular weight excluding hydrogens is 310 g/mol. The van der Waals surface area contributed by atoms with E-state index < -0.39 is 23.6 Å². The topological polar surface area (TPSA) is 72.9 Å². The SMILES string of the molecule is CC(C)(C)OC(=O)N1CCC(=O)C(C(=O)OCc2ccccc2)C1. The molecule has 0 saturated carbocycles. The van der Waals surface area contributed by atoms with E-state index in [1.165, 1.54) is 4.90 Å². The molecule has 1 amide bonds. The Morgan fingerprint density at radius 3 is 2.50 bits per heavy atom. The van der Waals surface area contributed by atoms with Crippen molar-refractivity contribution in [3.05, 3.63) is 35.9 Å². The van der Waals surface area contributed by atoms with Gasteiger partial charge in [-0.05, 0) is 26.3 Å². The van der Waals surface area contributed by atoms with Gasteiger partial charge in [-0.1, -0.05) is 30.3 Å². The molecule has 1 aliphatic heterocycles. The number of nitrogens with zero attached hydrogens (tertiary/aromatic N) is 1. The van der Waals surface area contributed by atoms with E-state index in [4.69, 9.17) is 9.47 Å². The highest BCUT2D eigenvalue weighted by atomic mass is 16.6. The number of hydrogen-bond acceptors (Lipinski definition) is 5. The molecule has 1 aromatic rings. The Bertz CT molecular complexity index is 606. The predicted molar refractivity (Wildman–Crippen MR) is 87.2 cm³/mol. The molecule has 24 heavy (non-hydrogen) atoms. The maximum absolute atomic E-state index is 12.2. The Hall–Kier alpha value is -2.37. The van der Waals surface area contributed by atoms with Crippen LogP contribution in [0.4, 0.5) is 4.79 Å². The highest BCUT2D eigenvalue weighted by molar-refractivity contribution is 6.00. The minimum absolute atomic E-state index is 0.00136. The van der Waals surface area contributed by atoms with Crippen LogP contribution >= 0.6 is 0 Å². The number of carbonyl (C=O) groups excluding carboxylic acids is 3. The summed E-state index contributed by atoms with van der Waals surface area (Å²) >= 11 is 0. The van der Waals surface area contributed by atoms with Gasteiger partial charge in [0, 0.05) is 19.5 Å². The Kier molecular flexibility index (Phi) is 5.59. The van der Waals surface area contributed by atoms with Gasteiger partial charge in [0.1, 0.15) is 18.1 Å². The molecule has 1 aliphatic rings. The third-order valence-corrected chi connectivity index (χ3v) is 3.58. The highest BCUT2D eigenvalue weighted by Crippen LogP contribution is 2.18. The zero-order valence-electron chi connectivity index (χ0n) is 14.3. The van der Waals surface area contributed by atoms with Crippen molar-refractivity contribution in [2.24, 2.45) is 5.92 Å². The number of likely N-dealkylation sites (tertiary alicyclic amines) is 1. The second-order valence-corrected chi connectivity index (χ2v) is 6.79. The molecule has 1 atom stereocenters. The number of amides is 1. The number of hydrogen-bond donors (Lipinski definition) is 0. The normalized spacial score (nSPS) is 18.2. The molecule has 0 radical (unpaired) electrons. The van der Waals surface area contributed by atoms with E-state index in [9.17, 15) is 14.4 Å². The van der Waals surface area contributed by atoms with Crippen LogP contribution < -0.4 is 0 Å². The summed E-state index contributed by atoms with van der Waals surface area (Å²) in [6, 6.07) is 9.24. The van der Waals surface area contributed by atoms with Gasteiger partial charge in [-0.15, -0.1) is 0 Å². The second-order valence-electron chi connectivity index (χ2n) is 6.79. The zero-order valence-corrected chi connectivity index (χ0v) is 14.3. The van der Waals surface area contributed by atoms with Gasteiger partial charge in [0.2, 0.25) is 0 Å². The van der Waals surface area contributed by atoms with Crippen LogP contribution in [0.2, 0.25) is 0 Å². The first-order valence-corrected chi connectivity index (χ1v) is 7.97. The molecule has 0 spiro atoms. The Morgan fingerprint density at radius 2 is 1.88 bits per heavy atom. The molecule has 0 aliphatic carbocycles. The second kappa shape index (κ2) is 7.47. The fourth-order valence-corrected chi connectivity index (χ4v) is 2.36. The van der Waals surface area contributed by atoms with Crippen molar-refractivity contribution in [1.29, 1.82) is 0 Å². The average molecular weight is 333 g/mol. The summed E-state index contributed by atoms with van der Waals surface area (Å²) in [4.78, 5) is 37.7. The molecule has 1 saturated heterocycles. The lowest BCUT2D eigenvalue weighted by Gasteiger charge is -2.32. The van der Waals surface area contributed by atoms with Crippen molar-refractivity contribution in [3.63, 3.8) is 0 Å². The van der Waals surface area contributed by atoms with Crippen LogP contribution in [0, 0.1) is 5.92 Å². The number of benzene rings is 1. The smallest absolute Gasteiger partial charge is 0.410 e. The van der Waals surface area contributed by atoms with E-state index in [0.29, 0.717) is 0 Å². The van der Waals surface area contributed by atoms with E-state index in [0.717, 1.165) is 5.56 Å². The summed E-state index contributed by atoms with van der Waals surface area (Å²) < 4.78 is 10.5. The molecule has 130 valence electrons. The standard InChI is InChI=1S/C18H23NO5/c1-18(2,3)24-17(22)19-10-9-15(20)14(11-19)16(21)23-12-13-7-5-4-6-8-13/h4-8,14H,9-12H2,1-3H3. The third-order valence-electron chi connectivity index (χ3n) is 3.58. The minimum Gasteiger partial charge on any atom is -0.460 e. The van der Waals surface area contributed by atoms with Crippen molar-refractivity contribution in [2.75, 3.05) is 13.1 Å². The van der Waals surface area contributed by atoms with E-state index >= 15 is 0 Å². The number of esters is 1. The van der Waals surface area contributed by atoms with Gasteiger partial charge in [0.15, 0.2) is 5.78 Å². The summed E-state index contributed by atoms with van der Waals surface area (Å²) in [5, 5.41) is 0. The van der Waals surface area contributed by atoms with Crippen LogP contribution in [0.3, 0.4) is 0 Å². The first-order chi connectivity index (χ1) is 11.3. The summed E-state index contributed by atoms with van der Waals surface area (Å²) in [5.74, 6) is -1.75.